The van der Waals surface area contributed by atoms with Crippen molar-refractivity contribution in [3.8, 4) is 11.4 Å². The highest BCUT2D eigenvalue weighted by molar-refractivity contribution is 6.35. The Labute approximate surface area is 217 Å². The van der Waals surface area contributed by atoms with Gasteiger partial charge in [0.05, 0.1) is 16.1 Å². The lowest BCUT2D eigenvalue weighted by molar-refractivity contribution is -0.116. The third-order valence-electron chi connectivity index (χ3n) is 6.07. The van der Waals surface area contributed by atoms with Gasteiger partial charge in [-0.05, 0) is 64.4 Å². The second-order valence-corrected chi connectivity index (χ2v) is 11.8. The van der Waals surface area contributed by atoms with E-state index in [-0.39, 0.29) is 23.3 Å². The molecule has 4 aromatic rings. The molecule has 1 heterocycles. The number of rotatable bonds is 4. The Bertz CT molecular complexity index is 1380. The summed E-state index contributed by atoms with van der Waals surface area (Å²) in [6.07, 6.45) is 0. The van der Waals surface area contributed by atoms with Crippen molar-refractivity contribution in [3.63, 3.8) is 0 Å². The fourth-order valence-electron chi connectivity index (χ4n) is 4.02. The minimum Gasteiger partial charge on any atom is -0.325 e. The molecule has 1 aromatic heterocycles. The van der Waals surface area contributed by atoms with E-state index in [1.165, 1.54) is 11.1 Å². The van der Waals surface area contributed by atoms with Gasteiger partial charge in [0.1, 0.15) is 12.4 Å². The van der Waals surface area contributed by atoms with Crippen molar-refractivity contribution in [2.45, 2.75) is 58.9 Å². The summed E-state index contributed by atoms with van der Waals surface area (Å²) >= 11 is 12.8. The van der Waals surface area contributed by atoms with E-state index in [1.54, 1.807) is 18.2 Å². The van der Waals surface area contributed by atoms with E-state index in [0.29, 0.717) is 21.4 Å². The summed E-state index contributed by atoms with van der Waals surface area (Å²) in [5.74, 6) is 0.464. The molecule has 4 rings (SSSR count). The molecule has 0 saturated carbocycles. The van der Waals surface area contributed by atoms with Gasteiger partial charge in [0.2, 0.25) is 5.91 Å². The molecule has 182 valence electrons. The number of benzene rings is 3. The van der Waals surface area contributed by atoms with Crippen molar-refractivity contribution >= 4 is 45.8 Å². The van der Waals surface area contributed by atoms with Crippen molar-refractivity contribution in [1.29, 1.82) is 0 Å². The van der Waals surface area contributed by atoms with Crippen LogP contribution in [0.3, 0.4) is 0 Å². The molecule has 4 nitrogen and oxygen atoms in total. The molecule has 0 aliphatic rings. The number of nitrogens with zero attached hydrogens (tertiary/aromatic N) is 2. The second-order valence-electron chi connectivity index (χ2n) is 11.0. The number of nitrogens with one attached hydrogen (secondary N) is 1. The van der Waals surface area contributed by atoms with Gasteiger partial charge < -0.3 is 9.88 Å². The molecule has 0 aliphatic carbocycles. The number of carbonyl (C=O) groups excluding carboxylic acids is 1. The number of hydrogen-bond acceptors (Lipinski definition) is 2. The number of carbonyl (C=O) groups is 1. The molecule has 0 unspecified atom stereocenters. The first-order chi connectivity index (χ1) is 16.3. The van der Waals surface area contributed by atoms with Crippen molar-refractivity contribution in [3.05, 3.63) is 81.8 Å². The van der Waals surface area contributed by atoms with Gasteiger partial charge in [-0.3, -0.25) is 4.79 Å². The maximum Gasteiger partial charge on any atom is 0.244 e. The van der Waals surface area contributed by atoms with E-state index in [9.17, 15) is 4.79 Å². The van der Waals surface area contributed by atoms with Crippen LogP contribution in [0, 0.1) is 0 Å². The van der Waals surface area contributed by atoms with Crippen molar-refractivity contribution in [2.75, 3.05) is 5.32 Å². The lowest BCUT2D eigenvalue weighted by Crippen LogP contribution is -2.21. The molecule has 0 fully saturated rings. The number of amides is 1. The predicted octanol–water partition coefficient (Wildman–Crippen LogP) is 8.24. The molecule has 0 radical (unpaired) electrons. The third kappa shape index (κ3) is 5.55. The zero-order chi connectivity index (χ0) is 25.5. The molecule has 0 spiro atoms. The first-order valence-corrected chi connectivity index (χ1v) is 12.4. The fraction of sp³-hybridized carbons (Fsp3) is 0.310. The zero-order valence-electron chi connectivity index (χ0n) is 21.0. The maximum absolute atomic E-state index is 13.4. The Morgan fingerprint density at radius 3 is 2.14 bits per heavy atom. The van der Waals surface area contributed by atoms with Crippen molar-refractivity contribution in [1.82, 2.24) is 9.55 Å². The second kappa shape index (κ2) is 9.33. The Balaban J connectivity index is 1.73. The average molecular weight is 508 g/mol. The maximum atomic E-state index is 13.4. The number of halogens is 2. The average Bonchev–Trinajstić information content (AvgIpc) is 3.12. The topological polar surface area (TPSA) is 46.9 Å². The highest BCUT2D eigenvalue weighted by Gasteiger charge is 2.22. The van der Waals surface area contributed by atoms with Crippen LogP contribution in [0.25, 0.3) is 22.4 Å². The molecular formula is C29H31Cl2N3O. The first kappa shape index (κ1) is 25.3. The molecule has 0 saturated heterocycles. The van der Waals surface area contributed by atoms with Gasteiger partial charge in [-0.2, -0.15) is 0 Å². The highest BCUT2D eigenvalue weighted by atomic mass is 35.5. The van der Waals surface area contributed by atoms with Gasteiger partial charge in [-0.25, -0.2) is 4.98 Å². The van der Waals surface area contributed by atoms with Crippen LogP contribution in [-0.2, 0) is 22.2 Å². The van der Waals surface area contributed by atoms with E-state index in [2.05, 4.69) is 65.1 Å². The molecule has 1 amide bonds. The van der Waals surface area contributed by atoms with E-state index in [4.69, 9.17) is 28.2 Å². The first-order valence-electron chi connectivity index (χ1n) is 11.7. The van der Waals surface area contributed by atoms with Crippen LogP contribution in [-0.4, -0.2) is 15.5 Å². The van der Waals surface area contributed by atoms with E-state index < -0.39 is 0 Å². The van der Waals surface area contributed by atoms with Crippen molar-refractivity contribution < 1.29 is 4.79 Å². The van der Waals surface area contributed by atoms with Crippen LogP contribution in [0.4, 0.5) is 5.69 Å². The van der Waals surface area contributed by atoms with Crippen LogP contribution in [0.1, 0.15) is 52.7 Å². The molecular weight excluding hydrogens is 477 g/mol. The number of anilines is 1. The third-order valence-corrected chi connectivity index (χ3v) is 6.64. The summed E-state index contributed by atoms with van der Waals surface area (Å²) in [6, 6.07) is 19.4. The van der Waals surface area contributed by atoms with Gasteiger partial charge in [0.15, 0.2) is 0 Å². The summed E-state index contributed by atoms with van der Waals surface area (Å²) in [4.78, 5) is 18.1. The minimum atomic E-state index is -0.140. The number of imidazole rings is 1. The molecule has 6 heteroatoms. The number of aromatic nitrogens is 2. The number of fused-ring (bicyclic) bond motifs is 1. The fourth-order valence-corrected chi connectivity index (χ4v) is 4.39. The summed E-state index contributed by atoms with van der Waals surface area (Å²) in [5, 5.41) is 4.21. The predicted molar refractivity (Wildman–Crippen MR) is 148 cm³/mol. The van der Waals surface area contributed by atoms with Crippen molar-refractivity contribution in [2.24, 2.45) is 0 Å². The Hall–Kier alpha value is -2.82. The van der Waals surface area contributed by atoms with Crippen LogP contribution < -0.4 is 5.32 Å². The summed E-state index contributed by atoms with van der Waals surface area (Å²) in [6.45, 7) is 13.2. The summed E-state index contributed by atoms with van der Waals surface area (Å²) in [7, 11) is 0. The Kier molecular flexibility index (Phi) is 6.74. The van der Waals surface area contributed by atoms with Crippen LogP contribution >= 0.6 is 23.2 Å². The molecule has 0 bridgehead atoms. The van der Waals surface area contributed by atoms with Gasteiger partial charge in [0.25, 0.3) is 0 Å². The van der Waals surface area contributed by atoms with Gasteiger partial charge >= 0.3 is 0 Å². The van der Waals surface area contributed by atoms with Gasteiger partial charge in [-0.15, -0.1) is 0 Å². The Morgan fingerprint density at radius 2 is 1.51 bits per heavy atom. The monoisotopic (exact) mass is 507 g/mol. The van der Waals surface area contributed by atoms with Crippen LogP contribution in [0.2, 0.25) is 10.0 Å². The van der Waals surface area contributed by atoms with Crippen LogP contribution in [0.15, 0.2) is 60.7 Å². The smallest absolute Gasteiger partial charge is 0.244 e. The highest BCUT2D eigenvalue weighted by Crippen LogP contribution is 2.34. The molecule has 0 atom stereocenters. The number of hydrogen-bond donors (Lipinski definition) is 1. The molecule has 3 aromatic carbocycles. The summed E-state index contributed by atoms with van der Waals surface area (Å²) in [5.41, 5.74) is 5.39. The lowest BCUT2D eigenvalue weighted by Gasteiger charge is -2.26. The van der Waals surface area contributed by atoms with Crippen LogP contribution in [0.5, 0.6) is 0 Å². The quantitative estimate of drug-likeness (QED) is 0.302. The lowest BCUT2D eigenvalue weighted by atomic mass is 9.80. The SMILES string of the molecule is CC(C)(C)c1cc(NC(=O)Cn2c(-c3cc(Cl)ccc3Cl)nc3ccccc32)cc(C(C)(C)C)c1. The van der Waals surface area contributed by atoms with E-state index in [0.717, 1.165) is 16.7 Å². The van der Waals surface area contributed by atoms with Gasteiger partial charge in [0, 0.05) is 16.3 Å². The molecule has 35 heavy (non-hydrogen) atoms. The molecule has 0 aliphatic heterocycles. The zero-order valence-corrected chi connectivity index (χ0v) is 22.6. The molecule has 1 N–H and O–H groups in total. The van der Waals surface area contributed by atoms with Gasteiger partial charge in [-0.1, -0.05) is 82.9 Å². The minimum absolute atomic E-state index is 0.0439. The van der Waals surface area contributed by atoms with E-state index >= 15 is 0 Å². The largest absolute Gasteiger partial charge is 0.325 e. The summed E-state index contributed by atoms with van der Waals surface area (Å²) < 4.78 is 1.89. The Morgan fingerprint density at radius 1 is 0.886 bits per heavy atom. The normalized spacial score (nSPS) is 12.2. The number of para-hydroxylation sites is 2. The standard InChI is InChI=1S/C29H31Cl2N3O/c1-28(2,3)18-13-19(29(4,5)6)15-21(14-18)32-26(35)17-34-25-10-8-7-9-24(25)33-27(34)22-16-20(30)11-12-23(22)31/h7-16H,17H2,1-6H3,(H,32,35). The van der Waals surface area contributed by atoms with E-state index in [1.807, 2.05) is 28.8 Å².